The number of hydrogen-bond acceptors (Lipinski definition) is 5. The highest BCUT2D eigenvalue weighted by Crippen LogP contribution is 2.56. The second-order valence-electron chi connectivity index (χ2n) is 9.16. The molecule has 5 unspecified atom stereocenters. The van der Waals surface area contributed by atoms with Gasteiger partial charge in [0.25, 0.3) is 0 Å². The number of allylic oxidation sites excluding steroid dienone is 1. The van der Waals surface area contributed by atoms with E-state index in [0.717, 1.165) is 22.7 Å². The van der Waals surface area contributed by atoms with E-state index in [1.54, 1.807) is 0 Å². The first-order valence-corrected chi connectivity index (χ1v) is 11.2. The topological polar surface area (TPSA) is 66.0 Å². The van der Waals surface area contributed by atoms with Crippen LogP contribution in [0.3, 0.4) is 0 Å². The lowest BCUT2D eigenvalue weighted by Crippen LogP contribution is -2.54. The molecule has 2 aromatic carbocycles. The quantitative estimate of drug-likeness (QED) is 0.636. The Hall–Kier alpha value is -2.99. The van der Waals surface area contributed by atoms with Gasteiger partial charge in [0.15, 0.2) is 11.5 Å². The molecule has 3 aliphatic rings. The van der Waals surface area contributed by atoms with Gasteiger partial charge in [-0.3, -0.25) is 5.32 Å². The minimum absolute atomic E-state index is 0.0745. The molecule has 1 fully saturated rings. The molecule has 2 aromatic rings. The van der Waals surface area contributed by atoms with E-state index >= 15 is 0 Å². The number of carbonyl (C=O) groups is 1. The monoisotopic (exact) mass is 435 g/mol. The zero-order valence-electron chi connectivity index (χ0n) is 18.7. The van der Waals surface area contributed by atoms with Gasteiger partial charge in [0.05, 0.1) is 12.7 Å². The van der Waals surface area contributed by atoms with E-state index in [4.69, 9.17) is 18.9 Å². The molecule has 1 saturated heterocycles. The van der Waals surface area contributed by atoms with Gasteiger partial charge in [-0.1, -0.05) is 49.8 Å². The molecule has 1 amide bonds. The highest BCUT2D eigenvalue weighted by atomic mass is 16.7. The first-order valence-electron chi connectivity index (χ1n) is 11.2. The van der Waals surface area contributed by atoms with E-state index in [9.17, 15) is 4.79 Å². The maximum absolute atomic E-state index is 12.5. The number of rotatable bonds is 4. The summed E-state index contributed by atoms with van der Waals surface area (Å²) in [4.78, 5) is 12.5. The molecule has 6 heteroatoms. The number of fused-ring (bicyclic) bond motifs is 3. The molecule has 2 bridgehead atoms. The third-order valence-corrected chi connectivity index (χ3v) is 7.47. The SMILES string of the molecule is CC1=CC(C)C2(COC(=O)Nc3ccccc3)COC(c3ccc4c(c3)OCO4)C1C2C. The lowest BCUT2D eigenvalue weighted by atomic mass is 9.56. The molecule has 168 valence electrons. The highest BCUT2D eigenvalue weighted by molar-refractivity contribution is 5.84. The van der Waals surface area contributed by atoms with Crippen molar-refractivity contribution in [1.29, 1.82) is 0 Å². The van der Waals surface area contributed by atoms with Gasteiger partial charge >= 0.3 is 6.09 Å². The molecule has 32 heavy (non-hydrogen) atoms. The van der Waals surface area contributed by atoms with Crippen LogP contribution >= 0.6 is 0 Å². The zero-order valence-corrected chi connectivity index (χ0v) is 18.7. The fourth-order valence-electron chi connectivity index (χ4n) is 5.52. The van der Waals surface area contributed by atoms with E-state index in [2.05, 4.69) is 38.2 Å². The molecule has 5 rings (SSSR count). The summed E-state index contributed by atoms with van der Waals surface area (Å²) in [6, 6.07) is 15.4. The van der Waals surface area contributed by atoms with E-state index in [1.807, 2.05) is 42.5 Å². The first-order chi connectivity index (χ1) is 15.5. The molecular weight excluding hydrogens is 406 g/mol. The summed E-state index contributed by atoms with van der Waals surface area (Å²) in [5.41, 5.74) is 2.85. The van der Waals surface area contributed by atoms with Crippen LogP contribution in [0.2, 0.25) is 0 Å². The second kappa shape index (κ2) is 8.17. The second-order valence-corrected chi connectivity index (χ2v) is 9.16. The van der Waals surface area contributed by atoms with Crippen LogP contribution in [-0.2, 0) is 9.47 Å². The van der Waals surface area contributed by atoms with Gasteiger partial charge in [-0.05, 0) is 48.6 Å². The van der Waals surface area contributed by atoms with Gasteiger partial charge in [-0.15, -0.1) is 0 Å². The molecular formula is C26H29NO5. The van der Waals surface area contributed by atoms with Gasteiger partial charge in [-0.2, -0.15) is 0 Å². The minimum Gasteiger partial charge on any atom is -0.454 e. The summed E-state index contributed by atoms with van der Waals surface area (Å²) >= 11 is 0. The molecule has 0 spiro atoms. The number of ether oxygens (including phenoxy) is 4. The number of benzene rings is 2. The molecule has 0 aromatic heterocycles. The summed E-state index contributed by atoms with van der Waals surface area (Å²) in [7, 11) is 0. The van der Waals surface area contributed by atoms with E-state index in [0.29, 0.717) is 13.2 Å². The van der Waals surface area contributed by atoms with Gasteiger partial charge in [-0.25, -0.2) is 4.79 Å². The van der Waals surface area contributed by atoms with Gasteiger partial charge in [0.1, 0.15) is 6.61 Å². The normalized spacial score (nSPS) is 30.4. The predicted molar refractivity (Wildman–Crippen MR) is 121 cm³/mol. The molecule has 0 radical (unpaired) electrons. The van der Waals surface area contributed by atoms with Gasteiger partial charge < -0.3 is 18.9 Å². The summed E-state index contributed by atoms with van der Waals surface area (Å²) in [6.45, 7) is 7.72. The summed E-state index contributed by atoms with van der Waals surface area (Å²) < 4.78 is 23.3. The smallest absolute Gasteiger partial charge is 0.411 e. The Balaban J connectivity index is 1.35. The Morgan fingerprint density at radius 2 is 1.91 bits per heavy atom. The molecule has 6 nitrogen and oxygen atoms in total. The standard InChI is InChI=1S/C26H29NO5/c1-16-11-17(2)26(14-30-25(28)27-20-7-5-4-6-8-20)13-29-24(23(16)18(26)3)19-9-10-21-22(12-19)32-15-31-21/h4-12,17-18,23-24H,13-15H2,1-3H3,(H,27,28). The zero-order chi connectivity index (χ0) is 22.3. The van der Waals surface area contributed by atoms with Crippen molar-refractivity contribution in [2.45, 2.75) is 26.9 Å². The Morgan fingerprint density at radius 1 is 1.12 bits per heavy atom. The summed E-state index contributed by atoms with van der Waals surface area (Å²) in [5, 5.41) is 2.81. The Bertz CT molecular complexity index is 1040. The van der Waals surface area contributed by atoms with Crippen molar-refractivity contribution in [2.24, 2.45) is 23.2 Å². The lowest BCUT2D eigenvalue weighted by Gasteiger charge is -2.55. The third kappa shape index (κ3) is 3.52. The first kappa shape index (κ1) is 20.9. The van der Waals surface area contributed by atoms with Crippen molar-refractivity contribution in [2.75, 3.05) is 25.3 Å². The fourth-order valence-corrected chi connectivity index (χ4v) is 5.52. The van der Waals surface area contributed by atoms with Crippen molar-refractivity contribution < 1.29 is 23.7 Å². The van der Waals surface area contributed by atoms with Crippen LogP contribution in [0.4, 0.5) is 10.5 Å². The van der Waals surface area contributed by atoms with Crippen molar-refractivity contribution in [3.05, 3.63) is 65.7 Å². The average Bonchev–Trinajstić information content (AvgIpc) is 3.25. The van der Waals surface area contributed by atoms with Crippen molar-refractivity contribution in [3.63, 3.8) is 0 Å². The van der Waals surface area contributed by atoms with Gasteiger partial charge in [0, 0.05) is 17.0 Å². The van der Waals surface area contributed by atoms with Crippen LogP contribution in [0.1, 0.15) is 32.4 Å². The maximum Gasteiger partial charge on any atom is 0.411 e. The van der Waals surface area contributed by atoms with Crippen molar-refractivity contribution >= 4 is 11.8 Å². The molecule has 1 N–H and O–H groups in total. The number of hydrogen-bond donors (Lipinski definition) is 1. The van der Waals surface area contributed by atoms with Crippen LogP contribution in [0.15, 0.2) is 60.2 Å². The number of carbonyl (C=O) groups excluding carboxylic acids is 1. The number of nitrogens with one attached hydrogen (secondary N) is 1. The van der Waals surface area contributed by atoms with Crippen LogP contribution in [0.25, 0.3) is 0 Å². The Kier molecular flexibility index (Phi) is 5.33. The summed E-state index contributed by atoms with van der Waals surface area (Å²) in [5.74, 6) is 2.24. The molecule has 0 saturated carbocycles. The van der Waals surface area contributed by atoms with Crippen LogP contribution in [0.5, 0.6) is 11.5 Å². The van der Waals surface area contributed by atoms with Crippen molar-refractivity contribution in [3.8, 4) is 11.5 Å². The number of amides is 1. The largest absolute Gasteiger partial charge is 0.454 e. The third-order valence-electron chi connectivity index (χ3n) is 7.47. The number of anilines is 1. The molecule has 2 aliphatic heterocycles. The van der Waals surface area contributed by atoms with Gasteiger partial charge in [0.2, 0.25) is 6.79 Å². The average molecular weight is 436 g/mol. The van der Waals surface area contributed by atoms with Crippen molar-refractivity contribution in [1.82, 2.24) is 0 Å². The lowest BCUT2D eigenvalue weighted by molar-refractivity contribution is -0.165. The van der Waals surface area contributed by atoms with Crippen LogP contribution < -0.4 is 14.8 Å². The molecule has 5 atom stereocenters. The molecule has 2 heterocycles. The fraction of sp³-hybridized carbons (Fsp3) is 0.423. The molecule has 1 aliphatic carbocycles. The summed E-state index contributed by atoms with van der Waals surface area (Å²) in [6.07, 6.45) is 1.81. The minimum atomic E-state index is -0.439. The predicted octanol–water partition coefficient (Wildman–Crippen LogP) is 5.57. The Morgan fingerprint density at radius 3 is 2.72 bits per heavy atom. The van der Waals surface area contributed by atoms with Crippen LogP contribution in [0, 0.1) is 23.2 Å². The Labute approximate surface area is 188 Å². The number of para-hydroxylation sites is 1. The highest BCUT2D eigenvalue weighted by Gasteiger charge is 2.54. The van der Waals surface area contributed by atoms with E-state index in [1.165, 1.54) is 5.57 Å². The maximum atomic E-state index is 12.5. The van der Waals surface area contributed by atoms with E-state index < -0.39 is 6.09 Å². The van der Waals surface area contributed by atoms with Crippen LogP contribution in [-0.4, -0.2) is 26.1 Å². The van der Waals surface area contributed by atoms with E-state index in [-0.39, 0.29) is 36.1 Å².